The van der Waals surface area contributed by atoms with E-state index in [4.69, 9.17) is 4.74 Å². The van der Waals surface area contributed by atoms with Crippen molar-refractivity contribution in [3.63, 3.8) is 0 Å². The molecular formula is C10H17NO5. The van der Waals surface area contributed by atoms with Crippen molar-refractivity contribution in [3.05, 3.63) is 12.7 Å². The van der Waals surface area contributed by atoms with Crippen LogP contribution in [0.5, 0.6) is 0 Å². The lowest BCUT2D eigenvalue weighted by molar-refractivity contribution is -0.143. The van der Waals surface area contributed by atoms with Crippen molar-refractivity contribution in [1.29, 1.82) is 0 Å². The highest BCUT2D eigenvalue weighted by Crippen LogP contribution is 1.98. The molecule has 1 fully saturated rings. The predicted octanol–water partition coefficient (Wildman–Crippen LogP) is 1.17. The Balaban J connectivity index is 0.000000368. The quantitative estimate of drug-likeness (QED) is 0.570. The van der Waals surface area contributed by atoms with Crippen molar-refractivity contribution >= 4 is 12.1 Å². The van der Waals surface area contributed by atoms with Crippen molar-refractivity contribution < 1.29 is 23.9 Å². The van der Waals surface area contributed by atoms with E-state index in [2.05, 4.69) is 16.2 Å². The van der Waals surface area contributed by atoms with Gasteiger partial charge in [0, 0.05) is 19.3 Å². The normalized spacial score (nSPS) is 13.1. The molecular weight excluding hydrogens is 214 g/mol. The summed E-state index contributed by atoms with van der Waals surface area (Å²) < 4.78 is 9.32. The number of amides is 1. The van der Waals surface area contributed by atoms with Crippen molar-refractivity contribution in [2.45, 2.75) is 19.8 Å². The highest BCUT2D eigenvalue weighted by molar-refractivity contribution is 5.82. The van der Waals surface area contributed by atoms with Gasteiger partial charge in [-0.3, -0.25) is 0 Å². The molecule has 0 unspecified atom stereocenters. The second-order valence-electron chi connectivity index (χ2n) is 2.77. The number of hydrogen-bond acceptors (Lipinski definition) is 5. The Morgan fingerprint density at radius 1 is 1.44 bits per heavy atom. The SMILES string of the molecule is C1CCOC1.C=CC(=O)ONC(=O)OCC. The van der Waals surface area contributed by atoms with Gasteiger partial charge in [0.25, 0.3) is 0 Å². The third-order valence-electron chi connectivity index (χ3n) is 1.50. The van der Waals surface area contributed by atoms with Crippen LogP contribution in [0, 0.1) is 0 Å². The molecule has 0 aromatic carbocycles. The van der Waals surface area contributed by atoms with Gasteiger partial charge in [-0.05, 0) is 19.8 Å². The lowest BCUT2D eigenvalue weighted by Gasteiger charge is -2.02. The minimum atomic E-state index is -0.803. The van der Waals surface area contributed by atoms with Gasteiger partial charge in [0.1, 0.15) is 0 Å². The third-order valence-corrected chi connectivity index (χ3v) is 1.50. The van der Waals surface area contributed by atoms with Gasteiger partial charge in [-0.25, -0.2) is 9.59 Å². The molecule has 1 aliphatic rings. The second-order valence-corrected chi connectivity index (χ2v) is 2.77. The zero-order valence-corrected chi connectivity index (χ0v) is 9.36. The van der Waals surface area contributed by atoms with Crippen LogP contribution in [0.3, 0.4) is 0 Å². The van der Waals surface area contributed by atoms with Crippen LogP contribution < -0.4 is 5.48 Å². The average Bonchev–Trinajstić information content (AvgIpc) is 2.85. The van der Waals surface area contributed by atoms with E-state index in [1.54, 1.807) is 12.4 Å². The molecule has 0 aromatic rings. The summed E-state index contributed by atoms with van der Waals surface area (Å²) in [6.45, 7) is 6.97. The smallest absolute Gasteiger partial charge is 0.440 e. The summed E-state index contributed by atoms with van der Waals surface area (Å²) in [5.74, 6) is -0.738. The van der Waals surface area contributed by atoms with Gasteiger partial charge in [-0.15, -0.1) is 5.48 Å². The van der Waals surface area contributed by atoms with E-state index in [-0.39, 0.29) is 6.61 Å². The van der Waals surface area contributed by atoms with Crippen LogP contribution in [0.2, 0.25) is 0 Å². The van der Waals surface area contributed by atoms with Crippen LogP contribution in [-0.2, 0) is 19.1 Å². The Labute approximate surface area is 94.5 Å². The monoisotopic (exact) mass is 231 g/mol. The van der Waals surface area contributed by atoms with Gasteiger partial charge in [0.15, 0.2) is 0 Å². The lowest BCUT2D eigenvalue weighted by atomic mass is 10.4. The van der Waals surface area contributed by atoms with Crippen LogP contribution in [-0.4, -0.2) is 31.9 Å². The molecule has 0 spiro atoms. The first-order valence-electron chi connectivity index (χ1n) is 5.04. The van der Waals surface area contributed by atoms with Crippen LogP contribution in [0.4, 0.5) is 4.79 Å². The molecule has 1 aliphatic heterocycles. The van der Waals surface area contributed by atoms with Crippen molar-refractivity contribution in [3.8, 4) is 0 Å². The molecule has 1 heterocycles. The van der Waals surface area contributed by atoms with E-state index in [0.717, 1.165) is 19.3 Å². The van der Waals surface area contributed by atoms with Crippen LogP contribution in [0.25, 0.3) is 0 Å². The van der Waals surface area contributed by atoms with Crippen LogP contribution in [0.1, 0.15) is 19.8 Å². The van der Waals surface area contributed by atoms with E-state index in [0.29, 0.717) is 0 Å². The second kappa shape index (κ2) is 9.97. The maximum Gasteiger partial charge on any atom is 0.440 e. The molecule has 0 aliphatic carbocycles. The number of hydroxylamine groups is 1. The van der Waals surface area contributed by atoms with Gasteiger partial charge < -0.3 is 14.3 Å². The Morgan fingerprint density at radius 2 is 2.06 bits per heavy atom. The van der Waals surface area contributed by atoms with Crippen molar-refractivity contribution in [2.24, 2.45) is 0 Å². The van der Waals surface area contributed by atoms with Crippen LogP contribution in [0.15, 0.2) is 12.7 Å². The lowest BCUT2D eigenvalue weighted by Crippen LogP contribution is -2.26. The first kappa shape index (κ1) is 14.4. The minimum Gasteiger partial charge on any atom is -0.448 e. The maximum atomic E-state index is 10.4. The van der Waals surface area contributed by atoms with Gasteiger partial charge in [0.2, 0.25) is 0 Å². The highest BCUT2D eigenvalue weighted by Gasteiger charge is 2.01. The summed E-state index contributed by atoms with van der Waals surface area (Å²) >= 11 is 0. The number of nitrogens with one attached hydrogen (secondary N) is 1. The summed E-state index contributed by atoms with van der Waals surface area (Å²) in [5, 5.41) is 0. The molecule has 16 heavy (non-hydrogen) atoms. The van der Waals surface area contributed by atoms with E-state index in [1.807, 2.05) is 0 Å². The Bertz CT molecular complexity index is 218. The summed E-state index contributed by atoms with van der Waals surface area (Å²) in [7, 11) is 0. The Morgan fingerprint density at radius 3 is 2.44 bits per heavy atom. The number of rotatable bonds is 2. The molecule has 6 heteroatoms. The molecule has 0 atom stereocenters. The van der Waals surface area contributed by atoms with Gasteiger partial charge in [-0.1, -0.05) is 6.58 Å². The molecule has 0 bridgehead atoms. The molecule has 0 saturated carbocycles. The van der Waals surface area contributed by atoms with E-state index < -0.39 is 12.1 Å². The highest BCUT2D eigenvalue weighted by atomic mass is 16.7. The Kier molecular flexibility index (Phi) is 9.00. The van der Waals surface area contributed by atoms with E-state index in [1.165, 1.54) is 12.8 Å². The van der Waals surface area contributed by atoms with Crippen molar-refractivity contribution in [2.75, 3.05) is 19.8 Å². The standard InChI is InChI=1S/C6H9NO4.C4H8O/c1-3-5(8)11-7-6(9)10-4-2;1-2-4-5-3-1/h3H,1,4H2,2H3,(H,7,9);1-4H2. The zero-order chi connectivity index (χ0) is 12.2. The molecule has 0 radical (unpaired) electrons. The number of carbonyl (C=O) groups is 2. The number of carbonyl (C=O) groups excluding carboxylic acids is 2. The maximum absolute atomic E-state index is 10.4. The molecule has 92 valence electrons. The molecule has 1 amide bonds. The van der Waals surface area contributed by atoms with Crippen LogP contribution >= 0.6 is 0 Å². The fourth-order valence-electron chi connectivity index (χ4n) is 0.804. The molecule has 1 saturated heterocycles. The first-order chi connectivity index (χ1) is 7.70. The fourth-order valence-corrected chi connectivity index (χ4v) is 0.804. The summed E-state index contributed by atoms with van der Waals surface area (Å²) in [6, 6.07) is 0. The van der Waals surface area contributed by atoms with Crippen molar-refractivity contribution in [1.82, 2.24) is 5.48 Å². The van der Waals surface area contributed by atoms with Gasteiger partial charge >= 0.3 is 12.1 Å². The number of hydrogen-bond donors (Lipinski definition) is 1. The van der Waals surface area contributed by atoms with Gasteiger partial charge in [0.05, 0.1) is 6.61 Å². The first-order valence-corrected chi connectivity index (χ1v) is 5.04. The average molecular weight is 231 g/mol. The summed E-state index contributed by atoms with van der Waals surface area (Å²) in [4.78, 5) is 24.9. The molecule has 6 nitrogen and oxygen atoms in total. The topological polar surface area (TPSA) is 73.9 Å². The third kappa shape index (κ3) is 9.01. The molecule has 1 rings (SSSR count). The Hall–Kier alpha value is -1.56. The summed E-state index contributed by atoms with van der Waals surface area (Å²) in [6.07, 6.45) is 2.68. The largest absolute Gasteiger partial charge is 0.448 e. The minimum absolute atomic E-state index is 0.220. The fraction of sp³-hybridized carbons (Fsp3) is 0.600. The van der Waals surface area contributed by atoms with E-state index >= 15 is 0 Å². The molecule has 1 N–H and O–H groups in total. The molecule has 0 aromatic heterocycles. The zero-order valence-electron chi connectivity index (χ0n) is 9.36. The van der Waals surface area contributed by atoms with Gasteiger partial charge in [-0.2, -0.15) is 0 Å². The predicted molar refractivity (Wildman–Crippen MR) is 56.5 cm³/mol. The number of ether oxygens (including phenoxy) is 2. The summed E-state index contributed by atoms with van der Waals surface area (Å²) in [5.41, 5.74) is 1.75. The van der Waals surface area contributed by atoms with E-state index in [9.17, 15) is 9.59 Å².